The van der Waals surface area contributed by atoms with Crippen molar-refractivity contribution < 1.29 is 8.42 Å². The molecule has 0 unspecified atom stereocenters. The van der Waals surface area contributed by atoms with E-state index in [-0.39, 0.29) is 4.90 Å². The molecule has 1 fully saturated rings. The number of anilines is 1. The van der Waals surface area contributed by atoms with Gasteiger partial charge in [0.25, 0.3) is 0 Å². The highest BCUT2D eigenvalue weighted by molar-refractivity contribution is 7.89. The molecule has 0 atom stereocenters. The van der Waals surface area contributed by atoms with Crippen LogP contribution in [0.4, 0.5) is 5.95 Å². The Balaban J connectivity index is 1.88. The van der Waals surface area contributed by atoms with Gasteiger partial charge in [-0.05, 0) is 32.9 Å². The minimum Gasteiger partial charge on any atom is -0.355 e. The van der Waals surface area contributed by atoms with E-state index in [1.807, 2.05) is 6.92 Å². The third kappa shape index (κ3) is 4.12. The molecule has 2 rings (SSSR count). The van der Waals surface area contributed by atoms with Gasteiger partial charge < -0.3 is 10.2 Å². The lowest BCUT2D eigenvalue weighted by molar-refractivity contribution is 0.344. The van der Waals surface area contributed by atoms with E-state index >= 15 is 0 Å². The van der Waals surface area contributed by atoms with Crippen LogP contribution in [-0.4, -0.2) is 56.0 Å². The van der Waals surface area contributed by atoms with Crippen LogP contribution in [0.5, 0.6) is 0 Å². The zero-order valence-corrected chi connectivity index (χ0v) is 12.5. The summed E-state index contributed by atoms with van der Waals surface area (Å²) in [5, 5.41) is 2.92. The Morgan fingerprint density at radius 3 is 2.50 bits per heavy atom. The quantitative estimate of drug-likeness (QED) is 0.752. The second kappa shape index (κ2) is 6.96. The fraction of sp³-hybridized carbons (Fsp3) is 0.667. The molecule has 112 valence electrons. The van der Waals surface area contributed by atoms with Gasteiger partial charge in [0.05, 0.1) is 12.4 Å². The molecule has 0 aromatic carbocycles. The summed E-state index contributed by atoms with van der Waals surface area (Å²) in [7, 11) is -3.51. The lowest BCUT2D eigenvalue weighted by Gasteiger charge is -2.14. The van der Waals surface area contributed by atoms with Gasteiger partial charge in [0.1, 0.15) is 4.90 Å². The van der Waals surface area contributed by atoms with E-state index in [9.17, 15) is 8.42 Å². The van der Waals surface area contributed by atoms with Crippen molar-refractivity contribution in [3.63, 3.8) is 0 Å². The Hall–Kier alpha value is -1.25. The maximum atomic E-state index is 12.0. The molecule has 1 aromatic heterocycles. The molecule has 0 spiro atoms. The van der Waals surface area contributed by atoms with E-state index < -0.39 is 10.0 Å². The minimum atomic E-state index is -3.51. The van der Waals surface area contributed by atoms with Crippen LogP contribution >= 0.6 is 0 Å². The fourth-order valence-electron chi connectivity index (χ4n) is 2.13. The van der Waals surface area contributed by atoms with Gasteiger partial charge in [-0.25, -0.2) is 23.1 Å². The zero-order valence-electron chi connectivity index (χ0n) is 11.7. The van der Waals surface area contributed by atoms with Crippen LogP contribution in [0, 0.1) is 0 Å². The average Bonchev–Trinajstić information content (AvgIpc) is 2.93. The predicted molar refractivity (Wildman–Crippen MR) is 77.1 cm³/mol. The van der Waals surface area contributed by atoms with Crippen molar-refractivity contribution in [3.8, 4) is 0 Å². The third-order valence-corrected chi connectivity index (χ3v) is 4.61. The number of rotatable bonds is 7. The van der Waals surface area contributed by atoms with Crippen LogP contribution in [0.25, 0.3) is 0 Å². The molecule has 20 heavy (non-hydrogen) atoms. The maximum absolute atomic E-state index is 12.0. The van der Waals surface area contributed by atoms with E-state index in [1.54, 1.807) is 0 Å². The van der Waals surface area contributed by atoms with E-state index in [1.165, 1.54) is 25.2 Å². The van der Waals surface area contributed by atoms with Gasteiger partial charge in [0, 0.05) is 19.6 Å². The number of hydrogen-bond acceptors (Lipinski definition) is 6. The Bertz CT molecular complexity index is 511. The second-order valence-corrected chi connectivity index (χ2v) is 6.49. The van der Waals surface area contributed by atoms with E-state index in [0.29, 0.717) is 19.0 Å². The number of nitrogens with one attached hydrogen (secondary N) is 2. The summed E-state index contributed by atoms with van der Waals surface area (Å²) in [6, 6.07) is 0. The number of sulfonamides is 1. The standard InChI is InChI=1S/C12H21N5O2S/c1-2-13-12-14-9-11(10-15-12)20(18,19)16-5-8-17-6-3-4-7-17/h9-10,16H,2-8H2,1H3,(H,13,14,15). The lowest BCUT2D eigenvalue weighted by Crippen LogP contribution is -2.33. The summed E-state index contributed by atoms with van der Waals surface area (Å²) >= 11 is 0. The molecule has 8 heteroatoms. The van der Waals surface area contributed by atoms with Gasteiger partial charge in [-0.15, -0.1) is 0 Å². The van der Waals surface area contributed by atoms with E-state index in [0.717, 1.165) is 19.6 Å². The number of hydrogen-bond donors (Lipinski definition) is 2. The molecule has 0 radical (unpaired) electrons. The molecule has 0 bridgehead atoms. The zero-order chi connectivity index (χ0) is 14.4. The first-order valence-electron chi connectivity index (χ1n) is 6.90. The first kappa shape index (κ1) is 15.1. The summed E-state index contributed by atoms with van der Waals surface area (Å²) in [4.78, 5) is 10.3. The molecule has 1 aromatic rings. The van der Waals surface area contributed by atoms with Crippen molar-refractivity contribution in [1.29, 1.82) is 0 Å². The van der Waals surface area contributed by atoms with Gasteiger partial charge in [0.2, 0.25) is 16.0 Å². The summed E-state index contributed by atoms with van der Waals surface area (Å²) in [5.41, 5.74) is 0. The van der Waals surface area contributed by atoms with Crippen LogP contribution in [0.15, 0.2) is 17.3 Å². The highest BCUT2D eigenvalue weighted by Crippen LogP contribution is 2.08. The van der Waals surface area contributed by atoms with Crippen LogP contribution in [0.3, 0.4) is 0 Å². The molecule has 1 aliphatic rings. The summed E-state index contributed by atoms with van der Waals surface area (Å²) < 4.78 is 26.7. The topological polar surface area (TPSA) is 87.2 Å². The normalized spacial score (nSPS) is 16.4. The van der Waals surface area contributed by atoms with Crippen LogP contribution in [-0.2, 0) is 10.0 Å². The highest BCUT2D eigenvalue weighted by atomic mass is 32.2. The molecule has 0 amide bonds. The maximum Gasteiger partial charge on any atom is 0.243 e. The van der Waals surface area contributed by atoms with E-state index in [2.05, 4.69) is 24.9 Å². The summed E-state index contributed by atoms with van der Waals surface area (Å²) in [6.45, 7) is 5.89. The van der Waals surface area contributed by atoms with Crippen molar-refractivity contribution >= 4 is 16.0 Å². The van der Waals surface area contributed by atoms with Gasteiger partial charge >= 0.3 is 0 Å². The number of aromatic nitrogens is 2. The fourth-order valence-corrected chi connectivity index (χ4v) is 3.04. The second-order valence-electron chi connectivity index (χ2n) is 4.72. The lowest BCUT2D eigenvalue weighted by atomic mass is 10.4. The molecule has 1 saturated heterocycles. The molecule has 2 N–H and O–H groups in total. The van der Waals surface area contributed by atoms with Crippen molar-refractivity contribution in [2.24, 2.45) is 0 Å². The molecule has 1 aliphatic heterocycles. The summed E-state index contributed by atoms with van der Waals surface area (Å²) in [6.07, 6.45) is 5.05. The molecule has 0 aliphatic carbocycles. The highest BCUT2D eigenvalue weighted by Gasteiger charge is 2.16. The molecule has 7 nitrogen and oxygen atoms in total. The Labute approximate surface area is 119 Å². The van der Waals surface area contributed by atoms with Crippen LogP contribution < -0.4 is 10.0 Å². The Kier molecular flexibility index (Phi) is 5.27. The predicted octanol–water partition coefficient (Wildman–Crippen LogP) is 0.282. The first-order chi connectivity index (χ1) is 9.62. The summed E-state index contributed by atoms with van der Waals surface area (Å²) in [5.74, 6) is 0.434. The first-order valence-corrected chi connectivity index (χ1v) is 8.38. The Morgan fingerprint density at radius 1 is 1.25 bits per heavy atom. The smallest absolute Gasteiger partial charge is 0.243 e. The Morgan fingerprint density at radius 2 is 1.90 bits per heavy atom. The minimum absolute atomic E-state index is 0.0978. The van der Waals surface area contributed by atoms with Crippen LogP contribution in [0.2, 0.25) is 0 Å². The van der Waals surface area contributed by atoms with Crippen molar-refractivity contribution in [2.75, 3.05) is 38.0 Å². The third-order valence-electron chi connectivity index (χ3n) is 3.19. The van der Waals surface area contributed by atoms with Gasteiger partial charge in [-0.2, -0.15) is 0 Å². The van der Waals surface area contributed by atoms with E-state index in [4.69, 9.17) is 0 Å². The average molecular weight is 299 g/mol. The molecular weight excluding hydrogens is 278 g/mol. The number of nitrogens with zero attached hydrogens (tertiary/aromatic N) is 3. The monoisotopic (exact) mass is 299 g/mol. The largest absolute Gasteiger partial charge is 0.355 e. The molecular formula is C12H21N5O2S. The van der Waals surface area contributed by atoms with Gasteiger partial charge in [0.15, 0.2) is 0 Å². The number of likely N-dealkylation sites (tertiary alicyclic amines) is 1. The van der Waals surface area contributed by atoms with Gasteiger partial charge in [-0.1, -0.05) is 0 Å². The van der Waals surface area contributed by atoms with Crippen molar-refractivity contribution in [3.05, 3.63) is 12.4 Å². The molecule has 0 saturated carbocycles. The van der Waals surface area contributed by atoms with Crippen molar-refractivity contribution in [1.82, 2.24) is 19.6 Å². The van der Waals surface area contributed by atoms with Crippen molar-refractivity contribution in [2.45, 2.75) is 24.7 Å². The SMILES string of the molecule is CCNc1ncc(S(=O)(=O)NCCN2CCCC2)cn1. The van der Waals surface area contributed by atoms with Gasteiger partial charge in [-0.3, -0.25) is 0 Å². The van der Waals surface area contributed by atoms with Crippen LogP contribution in [0.1, 0.15) is 19.8 Å². The molecule has 2 heterocycles.